The summed E-state index contributed by atoms with van der Waals surface area (Å²) in [4.78, 5) is 4.39. The fraction of sp³-hybridized carbons (Fsp3) is 0.211. The van der Waals surface area contributed by atoms with Crippen LogP contribution < -0.4 is 4.74 Å². The second-order valence-corrected chi connectivity index (χ2v) is 5.73. The normalized spacial score (nSPS) is 10.8. The number of nitrogens with zero attached hydrogens (tertiary/aromatic N) is 2. The highest BCUT2D eigenvalue weighted by Gasteiger charge is 2.15. The van der Waals surface area contributed by atoms with Gasteiger partial charge in [-0.2, -0.15) is 4.73 Å². The molecule has 23 heavy (non-hydrogen) atoms. The third kappa shape index (κ3) is 2.68. The molecule has 0 aliphatic rings. The van der Waals surface area contributed by atoms with Gasteiger partial charge in [-0.1, -0.05) is 18.2 Å². The van der Waals surface area contributed by atoms with E-state index in [2.05, 4.69) is 31.0 Å². The second kappa shape index (κ2) is 5.80. The summed E-state index contributed by atoms with van der Waals surface area (Å²) in [5.74, 6) is 1.33. The molecule has 0 bridgehead atoms. The molecular formula is C19H20N2O2. The number of benzene rings is 2. The molecule has 0 aliphatic heterocycles. The number of hydrogen-bond acceptors (Lipinski definition) is 3. The minimum Gasteiger partial charge on any atom is -0.496 e. The number of ether oxygens (including phenoxy) is 1. The molecule has 0 fully saturated rings. The van der Waals surface area contributed by atoms with Crippen LogP contribution in [0.3, 0.4) is 0 Å². The van der Waals surface area contributed by atoms with Crippen LogP contribution >= 0.6 is 0 Å². The lowest BCUT2D eigenvalue weighted by molar-refractivity contribution is 0.190. The number of methoxy groups -OCH3 is 1. The smallest absolute Gasteiger partial charge is 0.175 e. The molecule has 0 saturated heterocycles. The Morgan fingerprint density at radius 2 is 1.74 bits per heavy atom. The first-order chi connectivity index (χ1) is 11.0. The van der Waals surface area contributed by atoms with Crippen LogP contribution in [0.2, 0.25) is 0 Å². The molecule has 3 aromatic rings. The lowest BCUT2D eigenvalue weighted by Crippen LogP contribution is -1.96. The van der Waals surface area contributed by atoms with E-state index >= 15 is 0 Å². The Morgan fingerprint density at radius 3 is 2.30 bits per heavy atom. The van der Waals surface area contributed by atoms with E-state index in [9.17, 15) is 5.21 Å². The van der Waals surface area contributed by atoms with Crippen molar-refractivity contribution < 1.29 is 9.94 Å². The van der Waals surface area contributed by atoms with Gasteiger partial charge in [-0.25, -0.2) is 4.98 Å². The molecule has 0 saturated carbocycles. The van der Waals surface area contributed by atoms with Gasteiger partial charge in [0, 0.05) is 11.1 Å². The summed E-state index contributed by atoms with van der Waals surface area (Å²) in [5.41, 5.74) is 6.14. The molecule has 0 atom stereocenters. The summed E-state index contributed by atoms with van der Waals surface area (Å²) in [6.45, 7) is 6.03. The quantitative estimate of drug-likeness (QED) is 0.730. The molecule has 0 unspecified atom stereocenters. The van der Waals surface area contributed by atoms with Crippen LogP contribution in [0.5, 0.6) is 5.75 Å². The molecule has 0 radical (unpaired) electrons. The molecule has 1 heterocycles. The highest BCUT2D eigenvalue weighted by Crippen LogP contribution is 2.37. The highest BCUT2D eigenvalue weighted by molar-refractivity contribution is 5.80. The largest absolute Gasteiger partial charge is 0.496 e. The molecule has 4 nitrogen and oxygen atoms in total. The summed E-state index contributed by atoms with van der Waals surface area (Å²) in [6.07, 6.45) is 1.60. The van der Waals surface area contributed by atoms with Gasteiger partial charge in [-0.3, -0.25) is 0 Å². The van der Waals surface area contributed by atoms with Crippen LogP contribution in [0.1, 0.15) is 16.8 Å². The Morgan fingerprint density at radius 1 is 1.04 bits per heavy atom. The molecule has 0 spiro atoms. The number of hydrogen-bond donors (Lipinski definition) is 1. The Hall–Kier alpha value is -2.75. The fourth-order valence-corrected chi connectivity index (χ4v) is 2.96. The van der Waals surface area contributed by atoms with Gasteiger partial charge in [0.2, 0.25) is 0 Å². The zero-order valence-corrected chi connectivity index (χ0v) is 13.8. The van der Waals surface area contributed by atoms with Gasteiger partial charge in [-0.05, 0) is 55.7 Å². The van der Waals surface area contributed by atoms with Crippen LogP contribution in [-0.2, 0) is 0 Å². The monoisotopic (exact) mass is 308 g/mol. The van der Waals surface area contributed by atoms with Gasteiger partial charge < -0.3 is 9.94 Å². The van der Waals surface area contributed by atoms with E-state index in [1.807, 2.05) is 31.2 Å². The van der Waals surface area contributed by atoms with Gasteiger partial charge in [0.05, 0.1) is 19.0 Å². The van der Waals surface area contributed by atoms with Gasteiger partial charge in [0.15, 0.2) is 5.82 Å². The zero-order valence-electron chi connectivity index (χ0n) is 13.8. The van der Waals surface area contributed by atoms with Crippen molar-refractivity contribution in [2.75, 3.05) is 7.11 Å². The molecule has 2 aromatic carbocycles. The molecule has 118 valence electrons. The van der Waals surface area contributed by atoms with Crippen LogP contribution in [0.25, 0.3) is 22.5 Å². The van der Waals surface area contributed by atoms with E-state index in [4.69, 9.17) is 4.74 Å². The topological polar surface area (TPSA) is 47.3 Å². The van der Waals surface area contributed by atoms with Crippen LogP contribution in [0, 0.1) is 20.8 Å². The first kappa shape index (κ1) is 15.2. The Balaban J connectivity index is 2.24. The van der Waals surface area contributed by atoms with Gasteiger partial charge in [-0.15, -0.1) is 0 Å². The third-order valence-electron chi connectivity index (χ3n) is 4.02. The molecule has 1 N–H and O–H groups in total. The standard InChI is InChI=1S/C19H20N2O2/c1-12-6-5-7-13(2)18(12)16-10-15(8-9-17(16)23-4)19-20-14(3)11-21(19)22/h5-11,22H,1-4H3. The summed E-state index contributed by atoms with van der Waals surface area (Å²) in [6, 6.07) is 12.1. The van der Waals surface area contributed by atoms with E-state index < -0.39 is 0 Å². The van der Waals surface area contributed by atoms with Gasteiger partial charge in [0.1, 0.15) is 5.75 Å². The lowest BCUT2D eigenvalue weighted by Gasteiger charge is -2.15. The van der Waals surface area contributed by atoms with Crippen molar-refractivity contribution in [1.29, 1.82) is 0 Å². The van der Waals surface area contributed by atoms with Crippen molar-refractivity contribution in [1.82, 2.24) is 9.71 Å². The summed E-state index contributed by atoms with van der Waals surface area (Å²) < 4.78 is 6.61. The predicted molar refractivity (Wildman–Crippen MR) is 91.0 cm³/mol. The maximum absolute atomic E-state index is 10.0. The first-order valence-electron chi connectivity index (χ1n) is 7.51. The van der Waals surface area contributed by atoms with Crippen LogP contribution in [0.4, 0.5) is 0 Å². The van der Waals surface area contributed by atoms with Gasteiger partial charge in [0.25, 0.3) is 0 Å². The van der Waals surface area contributed by atoms with Crippen LogP contribution in [-0.4, -0.2) is 22.0 Å². The van der Waals surface area contributed by atoms with Crippen molar-refractivity contribution in [3.8, 4) is 28.3 Å². The molecule has 4 heteroatoms. The maximum atomic E-state index is 10.0. The van der Waals surface area contributed by atoms with E-state index in [1.54, 1.807) is 13.3 Å². The van der Waals surface area contributed by atoms with E-state index in [1.165, 1.54) is 11.1 Å². The zero-order chi connectivity index (χ0) is 16.6. The van der Waals surface area contributed by atoms with Crippen molar-refractivity contribution >= 4 is 0 Å². The summed E-state index contributed by atoms with van der Waals surface area (Å²) >= 11 is 0. The SMILES string of the molecule is COc1ccc(-c2nc(C)cn2O)cc1-c1c(C)cccc1C. The molecular weight excluding hydrogens is 288 g/mol. The van der Waals surface area contributed by atoms with Gasteiger partial charge >= 0.3 is 0 Å². The first-order valence-corrected chi connectivity index (χ1v) is 7.51. The molecule has 1 aromatic heterocycles. The average molecular weight is 308 g/mol. The summed E-state index contributed by atoms with van der Waals surface area (Å²) in [7, 11) is 1.67. The Labute approximate surface area is 136 Å². The predicted octanol–water partition coefficient (Wildman–Crippen LogP) is 4.39. The minimum absolute atomic E-state index is 0.526. The minimum atomic E-state index is 0.526. The average Bonchev–Trinajstić information content (AvgIpc) is 2.85. The number of imidazole rings is 1. The van der Waals surface area contributed by atoms with Crippen molar-refractivity contribution in [2.45, 2.75) is 20.8 Å². The Kier molecular flexibility index (Phi) is 3.82. The Bertz CT molecular complexity index is 846. The van der Waals surface area contributed by atoms with E-state index in [0.29, 0.717) is 5.82 Å². The van der Waals surface area contributed by atoms with Crippen molar-refractivity contribution in [3.05, 3.63) is 59.4 Å². The summed E-state index contributed by atoms with van der Waals surface area (Å²) in [5, 5.41) is 10.0. The number of rotatable bonds is 3. The fourth-order valence-electron chi connectivity index (χ4n) is 2.96. The number of aromatic nitrogens is 2. The van der Waals surface area contributed by atoms with Crippen LogP contribution in [0.15, 0.2) is 42.6 Å². The molecule has 0 aliphatic carbocycles. The second-order valence-electron chi connectivity index (χ2n) is 5.73. The molecule has 3 rings (SSSR count). The third-order valence-corrected chi connectivity index (χ3v) is 4.02. The van der Waals surface area contributed by atoms with E-state index in [0.717, 1.165) is 32.9 Å². The number of aryl methyl sites for hydroxylation is 3. The van der Waals surface area contributed by atoms with E-state index in [-0.39, 0.29) is 0 Å². The molecule has 0 amide bonds. The maximum Gasteiger partial charge on any atom is 0.175 e. The van der Waals surface area contributed by atoms with Crippen molar-refractivity contribution in [2.24, 2.45) is 0 Å². The lowest BCUT2D eigenvalue weighted by atomic mass is 9.93. The van der Waals surface area contributed by atoms with Crippen molar-refractivity contribution in [3.63, 3.8) is 0 Å². The highest BCUT2D eigenvalue weighted by atomic mass is 16.5.